The van der Waals surface area contributed by atoms with E-state index in [0.29, 0.717) is 17.2 Å². The molecule has 0 aliphatic rings. The number of pyridine rings is 2. The van der Waals surface area contributed by atoms with E-state index in [1.54, 1.807) is 18.6 Å². The monoisotopic (exact) mass is 315 g/mol. The molecule has 2 N–H and O–H groups in total. The van der Waals surface area contributed by atoms with E-state index in [-0.39, 0.29) is 0 Å². The number of nitrogen functional groups attached to an aromatic ring is 1. The third-order valence-corrected chi connectivity index (χ3v) is 3.16. The highest BCUT2D eigenvalue weighted by Gasteiger charge is 2.09. The van der Waals surface area contributed by atoms with Gasteiger partial charge in [0, 0.05) is 16.1 Å². The van der Waals surface area contributed by atoms with E-state index < -0.39 is 0 Å². The van der Waals surface area contributed by atoms with E-state index in [4.69, 9.17) is 10.5 Å². The van der Waals surface area contributed by atoms with E-state index in [0.717, 1.165) is 15.4 Å². The van der Waals surface area contributed by atoms with Gasteiger partial charge in [-0.1, -0.05) is 15.9 Å². The van der Waals surface area contributed by atoms with Crippen molar-refractivity contribution in [3.8, 4) is 11.5 Å². The lowest BCUT2D eigenvalue weighted by Gasteiger charge is -2.11. The highest BCUT2D eigenvalue weighted by atomic mass is 79.9. The number of anilines is 1. The van der Waals surface area contributed by atoms with Crippen LogP contribution in [0.5, 0.6) is 11.5 Å². The molecule has 0 saturated carbocycles. The van der Waals surface area contributed by atoms with Gasteiger partial charge in [0.2, 0.25) is 0 Å². The van der Waals surface area contributed by atoms with Crippen LogP contribution in [0.2, 0.25) is 0 Å². The number of hydrogen-bond acceptors (Lipinski definition) is 4. The summed E-state index contributed by atoms with van der Waals surface area (Å²) in [6, 6.07) is 9.42. The van der Waals surface area contributed by atoms with Crippen LogP contribution in [-0.2, 0) is 0 Å². The summed E-state index contributed by atoms with van der Waals surface area (Å²) < 4.78 is 6.78. The van der Waals surface area contributed by atoms with Crippen molar-refractivity contribution in [3.63, 3.8) is 0 Å². The minimum atomic E-state index is 0.495. The van der Waals surface area contributed by atoms with Gasteiger partial charge in [-0.2, -0.15) is 0 Å². The number of rotatable bonds is 2. The van der Waals surface area contributed by atoms with E-state index in [9.17, 15) is 0 Å². The van der Waals surface area contributed by atoms with Gasteiger partial charge in [-0.05, 0) is 30.3 Å². The van der Waals surface area contributed by atoms with Crippen LogP contribution in [0.1, 0.15) is 0 Å². The van der Waals surface area contributed by atoms with Gasteiger partial charge in [0.1, 0.15) is 5.75 Å². The SMILES string of the molecule is Nc1cnc2ccc(Br)cc2c1Oc1cccnc1. The summed E-state index contributed by atoms with van der Waals surface area (Å²) in [6.07, 6.45) is 4.93. The number of hydrogen-bond donors (Lipinski definition) is 1. The molecule has 3 rings (SSSR count). The lowest BCUT2D eigenvalue weighted by Crippen LogP contribution is -1.95. The van der Waals surface area contributed by atoms with Crippen LogP contribution < -0.4 is 10.5 Å². The van der Waals surface area contributed by atoms with Crippen LogP contribution in [0.25, 0.3) is 10.9 Å². The second-order valence-corrected chi connectivity index (χ2v) is 4.91. The molecule has 4 nitrogen and oxygen atoms in total. The Kier molecular flexibility index (Phi) is 3.05. The molecule has 19 heavy (non-hydrogen) atoms. The van der Waals surface area contributed by atoms with Crippen LogP contribution >= 0.6 is 15.9 Å². The predicted molar refractivity (Wildman–Crippen MR) is 78.2 cm³/mol. The molecule has 0 saturated heterocycles. The van der Waals surface area contributed by atoms with Gasteiger partial charge in [-0.15, -0.1) is 0 Å². The zero-order valence-electron chi connectivity index (χ0n) is 9.88. The van der Waals surface area contributed by atoms with Crippen molar-refractivity contribution in [1.29, 1.82) is 0 Å². The number of ether oxygens (including phenoxy) is 1. The number of benzene rings is 1. The first-order valence-electron chi connectivity index (χ1n) is 5.65. The quantitative estimate of drug-likeness (QED) is 0.782. The maximum absolute atomic E-state index is 5.96. The number of nitrogens with zero attached hydrogens (tertiary/aromatic N) is 2. The third-order valence-electron chi connectivity index (χ3n) is 2.66. The van der Waals surface area contributed by atoms with Crippen LogP contribution in [0, 0.1) is 0 Å². The zero-order valence-corrected chi connectivity index (χ0v) is 11.5. The Hall–Kier alpha value is -2.14. The fourth-order valence-electron chi connectivity index (χ4n) is 1.80. The minimum Gasteiger partial charge on any atom is -0.453 e. The Labute approximate surface area is 118 Å². The molecule has 5 heteroatoms. The van der Waals surface area contributed by atoms with Crippen LogP contribution in [-0.4, -0.2) is 9.97 Å². The Bertz CT molecular complexity index is 726. The van der Waals surface area contributed by atoms with E-state index in [1.165, 1.54) is 0 Å². The number of fused-ring (bicyclic) bond motifs is 1. The minimum absolute atomic E-state index is 0.495. The molecule has 0 atom stereocenters. The maximum Gasteiger partial charge on any atom is 0.161 e. The van der Waals surface area contributed by atoms with Crippen LogP contribution in [0.3, 0.4) is 0 Å². The largest absolute Gasteiger partial charge is 0.453 e. The Morgan fingerprint density at radius 1 is 1.16 bits per heavy atom. The van der Waals surface area contributed by atoms with Crippen molar-refractivity contribution in [2.24, 2.45) is 0 Å². The molecule has 0 aliphatic heterocycles. The first-order valence-corrected chi connectivity index (χ1v) is 6.45. The van der Waals surface area contributed by atoms with E-state index >= 15 is 0 Å². The van der Waals surface area contributed by atoms with Crippen molar-refractivity contribution in [1.82, 2.24) is 9.97 Å². The number of nitrogens with two attached hydrogens (primary N) is 1. The molecular weight excluding hydrogens is 306 g/mol. The van der Waals surface area contributed by atoms with Gasteiger partial charge in [0.15, 0.2) is 5.75 Å². The smallest absolute Gasteiger partial charge is 0.161 e. The molecule has 0 aliphatic carbocycles. The molecule has 3 aromatic rings. The van der Waals surface area contributed by atoms with Gasteiger partial charge in [-0.3, -0.25) is 9.97 Å². The summed E-state index contributed by atoms with van der Waals surface area (Å²) in [6.45, 7) is 0. The lowest BCUT2D eigenvalue weighted by atomic mass is 10.2. The molecular formula is C14H10BrN3O. The topological polar surface area (TPSA) is 61.0 Å². The number of aromatic nitrogens is 2. The summed E-state index contributed by atoms with van der Waals surface area (Å²) >= 11 is 3.44. The summed E-state index contributed by atoms with van der Waals surface area (Å²) in [5.41, 5.74) is 7.29. The second-order valence-electron chi connectivity index (χ2n) is 3.99. The van der Waals surface area contributed by atoms with Crippen molar-refractivity contribution >= 4 is 32.5 Å². The molecule has 94 valence electrons. The average molecular weight is 316 g/mol. The highest BCUT2D eigenvalue weighted by molar-refractivity contribution is 9.10. The van der Waals surface area contributed by atoms with Crippen LogP contribution in [0.4, 0.5) is 5.69 Å². The van der Waals surface area contributed by atoms with Crippen LogP contribution in [0.15, 0.2) is 53.4 Å². The molecule has 0 fully saturated rings. The van der Waals surface area contributed by atoms with E-state index in [1.807, 2.05) is 30.3 Å². The number of halogens is 1. The summed E-state index contributed by atoms with van der Waals surface area (Å²) in [4.78, 5) is 8.30. The molecule has 1 aromatic carbocycles. The predicted octanol–water partition coefficient (Wildman–Crippen LogP) is 3.77. The molecule has 0 amide bonds. The average Bonchev–Trinajstić information content (AvgIpc) is 2.43. The first kappa shape index (κ1) is 11.9. The normalized spacial score (nSPS) is 10.6. The highest BCUT2D eigenvalue weighted by Crippen LogP contribution is 2.35. The third kappa shape index (κ3) is 2.37. The summed E-state index contributed by atoms with van der Waals surface area (Å²) in [5, 5.41) is 0.859. The van der Waals surface area contributed by atoms with Crippen molar-refractivity contribution in [2.45, 2.75) is 0 Å². The molecule has 0 radical (unpaired) electrons. The first-order chi connectivity index (χ1) is 9.24. The molecule has 2 aromatic heterocycles. The van der Waals surface area contributed by atoms with Crippen molar-refractivity contribution < 1.29 is 4.74 Å². The Balaban J connectivity index is 2.16. The van der Waals surface area contributed by atoms with E-state index in [2.05, 4.69) is 25.9 Å². The van der Waals surface area contributed by atoms with Gasteiger partial charge in [0.05, 0.1) is 23.6 Å². The summed E-state index contributed by atoms with van der Waals surface area (Å²) in [5.74, 6) is 1.24. The molecule has 0 unspecified atom stereocenters. The van der Waals surface area contributed by atoms with Gasteiger partial charge < -0.3 is 10.5 Å². The Morgan fingerprint density at radius 2 is 2.05 bits per heavy atom. The fraction of sp³-hybridized carbons (Fsp3) is 0. The fourth-order valence-corrected chi connectivity index (χ4v) is 2.16. The van der Waals surface area contributed by atoms with Crippen molar-refractivity contribution in [2.75, 3.05) is 5.73 Å². The van der Waals surface area contributed by atoms with Gasteiger partial charge in [0.25, 0.3) is 0 Å². The van der Waals surface area contributed by atoms with Gasteiger partial charge >= 0.3 is 0 Å². The maximum atomic E-state index is 5.96. The zero-order chi connectivity index (χ0) is 13.2. The Morgan fingerprint density at radius 3 is 2.84 bits per heavy atom. The molecule has 0 spiro atoms. The summed E-state index contributed by atoms with van der Waals surface area (Å²) in [7, 11) is 0. The lowest BCUT2D eigenvalue weighted by molar-refractivity contribution is 0.488. The van der Waals surface area contributed by atoms with Crippen molar-refractivity contribution in [3.05, 3.63) is 53.4 Å². The standard InChI is InChI=1S/C14H10BrN3O/c15-9-3-4-13-11(6-9)14(12(16)8-18-13)19-10-2-1-5-17-7-10/h1-8H,16H2. The van der Waals surface area contributed by atoms with Gasteiger partial charge in [-0.25, -0.2) is 0 Å². The molecule has 0 bridgehead atoms. The molecule has 2 heterocycles. The second kappa shape index (κ2) is 4.85.